The molecule has 0 atom stereocenters. The molecule has 1 aliphatic carbocycles. The van der Waals surface area contributed by atoms with Gasteiger partial charge >= 0.3 is 0 Å². The van der Waals surface area contributed by atoms with E-state index in [4.69, 9.17) is 12.2 Å². The second-order valence-corrected chi connectivity index (χ2v) is 8.40. The van der Waals surface area contributed by atoms with Crippen LogP contribution in [0.4, 0.5) is 0 Å². The number of hydrogen-bond donors (Lipinski definition) is 2. The molecule has 0 bridgehead atoms. The molecule has 6 heteroatoms. The van der Waals surface area contributed by atoms with Gasteiger partial charge in [0, 0.05) is 17.5 Å². The second kappa shape index (κ2) is 10.4. The van der Waals surface area contributed by atoms with Gasteiger partial charge in [0.15, 0.2) is 5.11 Å². The minimum absolute atomic E-state index is 0.0278. The fourth-order valence-corrected chi connectivity index (χ4v) is 4.31. The largest absolute Gasteiger partial charge is 0.353 e. The average molecular weight is 402 g/mol. The first kappa shape index (κ1) is 19.8. The average Bonchev–Trinajstić information content (AvgIpc) is 3.20. The first-order valence-electron chi connectivity index (χ1n) is 9.59. The van der Waals surface area contributed by atoms with Gasteiger partial charge in [-0.3, -0.25) is 4.79 Å². The minimum atomic E-state index is 0.0278. The second-order valence-electron chi connectivity index (χ2n) is 6.98. The molecule has 1 saturated carbocycles. The normalized spacial score (nSPS) is 14.5. The van der Waals surface area contributed by atoms with Gasteiger partial charge in [0.25, 0.3) is 0 Å². The lowest BCUT2D eigenvalue weighted by Crippen LogP contribution is -2.46. The number of amides is 1. The summed E-state index contributed by atoms with van der Waals surface area (Å²) in [6, 6.07) is 14.8. The molecule has 1 aromatic heterocycles. The van der Waals surface area contributed by atoms with Gasteiger partial charge in [0.2, 0.25) is 5.91 Å². The highest BCUT2D eigenvalue weighted by Gasteiger charge is 2.17. The standard InChI is InChI=1S/C21H27N3OS2/c25-20(23-18-10-5-2-6-11-18)14-22-21(26)24(16-19-12-7-13-27-19)15-17-8-3-1-4-9-17/h1,3-4,7-9,12-13,18H,2,5-6,10-11,14-16H2,(H,22,26)(H,23,25). The molecule has 2 N–H and O–H groups in total. The molecule has 1 aromatic carbocycles. The van der Waals surface area contributed by atoms with E-state index in [0.29, 0.717) is 11.2 Å². The highest BCUT2D eigenvalue weighted by Crippen LogP contribution is 2.17. The predicted octanol–water partition coefficient (Wildman–Crippen LogP) is 4.07. The first-order valence-corrected chi connectivity index (χ1v) is 10.9. The van der Waals surface area contributed by atoms with Gasteiger partial charge in [-0.1, -0.05) is 55.7 Å². The summed E-state index contributed by atoms with van der Waals surface area (Å²) < 4.78 is 0. The molecular weight excluding hydrogens is 374 g/mol. The van der Waals surface area contributed by atoms with Gasteiger partial charge in [0.05, 0.1) is 13.1 Å². The molecule has 1 aliphatic rings. The zero-order valence-corrected chi connectivity index (χ0v) is 17.2. The number of thiophene rings is 1. The Morgan fingerprint density at radius 1 is 1.07 bits per heavy atom. The van der Waals surface area contributed by atoms with E-state index in [1.165, 1.54) is 29.7 Å². The van der Waals surface area contributed by atoms with Gasteiger partial charge in [-0.05, 0) is 42.1 Å². The van der Waals surface area contributed by atoms with Crippen LogP contribution in [0.1, 0.15) is 42.5 Å². The van der Waals surface area contributed by atoms with Crippen molar-refractivity contribution in [3.05, 3.63) is 58.3 Å². The third kappa shape index (κ3) is 6.63. The van der Waals surface area contributed by atoms with Crippen LogP contribution in [0.25, 0.3) is 0 Å². The fraction of sp³-hybridized carbons (Fsp3) is 0.429. The van der Waals surface area contributed by atoms with Gasteiger partial charge in [0.1, 0.15) is 0 Å². The number of carbonyl (C=O) groups excluding carboxylic acids is 1. The molecule has 4 nitrogen and oxygen atoms in total. The lowest BCUT2D eigenvalue weighted by molar-refractivity contribution is -0.120. The van der Waals surface area contributed by atoms with Crippen LogP contribution in [0.5, 0.6) is 0 Å². The maximum Gasteiger partial charge on any atom is 0.239 e. The highest BCUT2D eigenvalue weighted by molar-refractivity contribution is 7.80. The van der Waals surface area contributed by atoms with Crippen LogP contribution in [0, 0.1) is 0 Å². The number of benzene rings is 1. The maximum atomic E-state index is 12.3. The third-order valence-corrected chi connectivity index (χ3v) is 6.06. The molecule has 27 heavy (non-hydrogen) atoms. The molecule has 0 unspecified atom stereocenters. The fourth-order valence-electron chi connectivity index (χ4n) is 3.39. The van der Waals surface area contributed by atoms with Crippen molar-refractivity contribution < 1.29 is 4.79 Å². The summed E-state index contributed by atoms with van der Waals surface area (Å²) in [6.07, 6.45) is 5.89. The summed E-state index contributed by atoms with van der Waals surface area (Å²) in [7, 11) is 0. The summed E-state index contributed by atoms with van der Waals surface area (Å²) in [6.45, 7) is 1.68. The Morgan fingerprint density at radius 2 is 1.85 bits per heavy atom. The van der Waals surface area contributed by atoms with Crippen LogP contribution < -0.4 is 10.6 Å². The van der Waals surface area contributed by atoms with Gasteiger partial charge in [-0.15, -0.1) is 11.3 Å². The topological polar surface area (TPSA) is 44.4 Å². The van der Waals surface area contributed by atoms with Crippen LogP contribution in [-0.4, -0.2) is 28.5 Å². The summed E-state index contributed by atoms with van der Waals surface area (Å²) >= 11 is 7.33. The first-order chi connectivity index (χ1) is 13.2. The molecule has 3 rings (SSSR count). The zero-order valence-electron chi connectivity index (χ0n) is 15.5. The Morgan fingerprint density at radius 3 is 2.56 bits per heavy atom. The smallest absolute Gasteiger partial charge is 0.239 e. The number of nitrogens with zero attached hydrogens (tertiary/aromatic N) is 1. The van der Waals surface area contributed by atoms with Crippen molar-refractivity contribution in [1.82, 2.24) is 15.5 Å². The third-order valence-electron chi connectivity index (χ3n) is 4.80. The van der Waals surface area contributed by atoms with Crippen molar-refractivity contribution in [3.8, 4) is 0 Å². The predicted molar refractivity (Wildman–Crippen MR) is 116 cm³/mol. The monoisotopic (exact) mass is 401 g/mol. The molecule has 0 saturated heterocycles. The SMILES string of the molecule is O=C(CNC(=S)N(Cc1ccccc1)Cc1cccs1)NC1CCCCC1. The Kier molecular flexibility index (Phi) is 7.66. The van der Waals surface area contributed by atoms with E-state index in [9.17, 15) is 4.79 Å². The quantitative estimate of drug-likeness (QED) is 0.687. The summed E-state index contributed by atoms with van der Waals surface area (Å²) in [5, 5.41) is 8.98. The Balaban J connectivity index is 1.54. The number of carbonyl (C=O) groups is 1. The minimum Gasteiger partial charge on any atom is -0.353 e. The van der Waals surface area contributed by atoms with Crippen LogP contribution in [0.3, 0.4) is 0 Å². The lowest BCUT2D eigenvalue weighted by Gasteiger charge is -2.26. The Bertz CT molecular complexity index is 712. The van der Waals surface area contributed by atoms with E-state index in [2.05, 4.69) is 45.2 Å². The van der Waals surface area contributed by atoms with Crippen LogP contribution >= 0.6 is 23.6 Å². The van der Waals surface area contributed by atoms with Gasteiger partial charge in [-0.25, -0.2) is 0 Å². The Hall–Kier alpha value is -1.92. The molecule has 0 spiro atoms. The van der Waals surface area contributed by atoms with Gasteiger partial charge in [-0.2, -0.15) is 0 Å². The van der Waals surface area contributed by atoms with E-state index < -0.39 is 0 Å². The molecule has 1 amide bonds. The number of rotatable bonds is 7. The van der Waals surface area contributed by atoms with E-state index in [-0.39, 0.29) is 12.5 Å². The van der Waals surface area contributed by atoms with E-state index in [0.717, 1.165) is 25.9 Å². The van der Waals surface area contributed by atoms with Crippen molar-refractivity contribution in [1.29, 1.82) is 0 Å². The van der Waals surface area contributed by atoms with Crippen molar-refractivity contribution in [2.45, 2.75) is 51.2 Å². The van der Waals surface area contributed by atoms with Crippen LogP contribution in [0.2, 0.25) is 0 Å². The summed E-state index contributed by atoms with van der Waals surface area (Å²) in [4.78, 5) is 15.6. The molecular formula is C21H27N3OS2. The molecule has 0 radical (unpaired) electrons. The van der Waals surface area contributed by atoms with Crippen molar-refractivity contribution in [3.63, 3.8) is 0 Å². The maximum absolute atomic E-state index is 12.3. The highest BCUT2D eigenvalue weighted by atomic mass is 32.1. The van der Waals surface area contributed by atoms with Crippen molar-refractivity contribution >= 4 is 34.6 Å². The summed E-state index contributed by atoms with van der Waals surface area (Å²) in [5.41, 5.74) is 1.20. The van der Waals surface area contributed by atoms with E-state index in [1.807, 2.05) is 18.2 Å². The van der Waals surface area contributed by atoms with Crippen LogP contribution in [-0.2, 0) is 17.9 Å². The number of nitrogens with one attached hydrogen (secondary N) is 2. The Labute approximate surface area is 171 Å². The van der Waals surface area contributed by atoms with Gasteiger partial charge < -0.3 is 15.5 Å². The zero-order chi connectivity index (χ0) is 18.9. The summed E-state index contributed by atoms with van der Waals surface area (Å²) in [5.74, 6) is 0.0278. The molecule has 1 fully saturated rings. The van der Waals surface area contributed by atoms with E-state index >= 15 is 0 Å². The van der Waals surface area contributed by atoms with E-state index in [1.54, 1.807) is 11.3 Å². The number of thiocarbonyl (C=S) groups is 1. The molecule has 1 heterocycles. The number of hydrogen-bond acceptors (Lipinski definition) is 3. The molecule has 144 valence electrons. The van der Waals surface area contributed by atoms with Crippen molar-refractivity contribution in [2.24, 2.45) is 0 Å². The lowest BCUT2D eigenvalue weighted by atomic mass is 9.95. The van der Waals surface area contributed by atoms with Crippen molar-refractivity contribution in [2.75, 3.05) is 6.54 Å². The molecule has 2 aromatic rings. The van der Waals surface area contributed by atoms with Crippen LogP contribution in [0.15, 0.2) is 47.8 Å². The molecule has 0 aliphatic heterocycles.